The molecule has 0 bridgehead atoms. The highest BCUT2D eigenvalue weighted by molar-refractivity contribution is 5.71. The quantitative estimate of drug-likeness (QED) is 0.808. The van der Waals surface area contributed by atoms with E-state index in [2.05, 4.69) is 18.3 Å². The molecule has 0 unspecified atom stereocenters. The second-order valence-corrected chi connectivity index (χ2v) is 4.40. The van der Waals surface area contributed by atoms with E-state index < -0.39 is 0 Å². The molecule has 0 radical (unpaired) electrons. The molecule has 0 atom stereocenters. The van der Waals surface area contributed by atoms with Gasteiger partial charge in [-0.15, -0.1) is 0 Å². The van der Waals surface area contributed by atoms with Crippen LogP contribution >= 0.6 is 0 Å². The normalized spacial score (nSPS) is 10.2. The molecule has 0 aromatic heterocycles. The van der Waals surface area contributed by atoms with E-state index in [1.54, 1.807) is 7.11 Å². The summed E-state index contributed by atoms with van der Waals surface area (Å²) < 4.78 is 5.35. The summed E-state index contributed by atoms with van der Waals surface area (Å²) in [5.74, 6) is 0.822. The molecule has 0 aliphatic carbocycles. The minimum Gasteiger partial charge on any atom is -0.495 e. The number of methoxy groups -OCH3 is 1. The molecular weight excluding hydrogens is 224 g/mol. The molecule has 2 aromatic rings. The summed E-state index contributed by atoms with van der Waals surface area (Å²) in [6.45, 7) is 4.10. The number of benzene rings is 2. The Labute approximate surface area is 108 Å². The fourth-order valence-corrected chi connectivity index (χ4v) is 1.84. The number of nitrogens with one attached hydrogen (secondary N) is 1. The van der Waals surface area contributed by atoms with Gasteiger partial charge in [-0.1, -0.05) is 12.1 Å². The van der Waals surface area contributed by atoms with Gasteiger partial charge >= 0.3 is 0 Å². The molecule has 0 heterocycles. The predicted molar refractivity (Wildman–Crippen MR) is 76.6 cm³/mol. The highest BCUT2D eigenvalue weighted by Crippen LogP contribution is 2.30. The number of aryl methyl sites for hydroxylation is 2. The number of nitrogen functional groups attached to an aromatic ring is 1. The smallest absolute Gasteiger partial charge is 0.142 e. The Hall–Kier alpha value is -2.16. The summed E-state index contributed by atoms with van der Waals surface area (Å²) in [5, 5.41) is 3.37. The molecule has 0 spiro atoms. The Balaban J connectivity index is 2.38. The summed E-state index contributed by atoms with van der Waals surface area (Å²) >= 11 is 0. The van der Waals surface area contributed by atoms with Gasteiger partial charge in [-0.3, -0.25) is 0 Å². The molecule has 18 heavy (non-hydrogen) atoms. The minimum atomic E-state index is 0.745. The van der Waals surface area contributed by atoms with Gasteiger partial charge in [-0.25, -0.2) is 0 Å². The van der Waals surface area contributed by atoms with Crippen LogP contribution in [0.25, 0.3) is 0 Å². The largest absolute Gasteiger partial charge is 0.495 e. The number of nitrogens with two attached hydrogens (primary N) is 1. The lowest BCUT2D eigenvalue weighted by atomic mass is 10.1. The van der Waals surface area contributed by atoms with Crippen molar-refractivity contribution < 1.29 is 4.74 Å². The van der Waals surface area contributed by atoms with Gasteiger partial charge in [0.15, 0.2) is 0 Å². The lowest BCUT2D eigenvalue weighted by Gasteiger charge is -2.14. The Kier molecular flexibility index (Phi) is 3.42. The fraction of sp³-hybridized carbons (Fsp3) is 0.200. The van der Waals surface area contributed by atoms with E-state index in [0.29, 0.717) is 0 Å². The lowest BCUT2D eigenvalue weighted by Crippen LogP contribution is -1.98. The molecule has 0 fully saturated rings. The third-order valence-corrected chi connectivity index (χ3v) is 2.89. The Morgan fingerprint density at radius 2 is 1.78 bits per heavy atom. The highest BCUT2D eigenvalue weighted by Gasteiger charge is 2.05. The molecule has 94 valence electrons. The number of anilines is 3. The summed E-state index contributed by atoms with van der Waals surface area (Å²) in [4.78, 5) is 0. The number of rotatable bonds is 3. The summed E-state index contributed by atoms with van der Waals surface area (Å²) in [6.07, 6.45) is 0. The van der Waals surface area contributed by atoms with Crippen molar-refractivity contribution in [3.05, 3.63) is 47.5 Å². The first-order chi connectivity index (χ1) is 8.60. The molecule has 0 aliphatic heterocycles. The molecule has 0 aliphatic rings. The van der Waals surface area contributed by atoms with E-state index in [1.165, 1.54) is 5.56 Å². The van der Waals surface area contributed by atoms with E-state index >= 15 is 0 Å². The van der Waals surface area contributed by atoms with Gasteiger partial charge in [0.1, 0.15) is 5.75 Å². The standard InChI is InChI=1S/C15H18N2O/c1-10-4-7-15(18-3)14(8-10)17-13-9-12(16)6-5-11(13)2/h4-9,17H,16H2,1-3H3. The molecule has 0 saturated carbocycles. The third-order valence-electron chi connectivity index (χ3n) is 2.89. The zero-order valence-corrected chi connectivity index (χ0v) is 10.9. The maximum atomic E-state index is 5.81. The number of hydrogen-bond acceptors (Lipinski definition) is 3. The zero-order valence-electron chi connectivity index (χ0n) is 10.9. The van der Waals surface area contributed by atoms with Crippen LogP contribution in [0.3, 0.4) is 0 Å². The molecule has 2 aromatic carbocycles. The predicted octanol–water partition coefficient (Wildman–Crippen LogP) is 3.64. The van der Waals surface area contributed by atoms with Crippen LogP contribution in [0.1, 0.15) is 11.1 Å². The van der Waals surface area contributed by atoms with Crippen LogP contribution in [0.4, 0.5) is 17.1 Å². The molecule has 3 N–H and O–H groups in total. The van der Waals surface area contributed by atoms with Crippen molar-refractivity contribution in [2.75, 3.05) is 18.2 Å². The van der Waals surface area contributed by atoms with Gasteiger partial charge in [0.05, 0.1) is 12.8 Å². The van der Waals surface area contributed by atoms with Gasteiger partial charge in [-0.05, 0) is 49.2 Å². The van der Waals surface area contributed by atoms with Crippen molar-refractivity contribution in [2.24, 2.45) is 0 Å². The molecule has 2 rings (SSSR count). The summed E-state index contributed by atoms with van der Waals surface area (Å²) in [6, 6.07) is 11.9. The number of hydrogen-bond donors (Lipinski definition) is 2. The molecular formula is C15H18N2O. The van der Waals surface area contributed by atoms with Crippen LogP contribution in [0.15, 0.2) is 36.4 Å². The van der Waals surface area contributed by atoms with E-state index in [-0.39, 0.29) is 0 Å². The van der Waals surface area contributed by atoms with Crippen LogP contribution in [0, 0.1) is 13.8 Å². The van der Waals surface area contributed by atoms with E-state index in [1.807, 2.05) is 37.3 Å². The van der Waals surface area contributed by atoms with Gasteiger partial charge in [0.25, 0.3) is 0 Å². The van der Waals surface area contributed by atoms with Crippen molar-refractivity contribution in [3.63, 3.8) is 0 Å². The maximum absolute atomic E-state index is 5.81. The van der Waals surface area contributed by atoms with E-state index in [0.717, 1.165) is 28.4 Å². The first-order valence-electron chi connectivity index (χ1n) is 5.88. The van der Waals surface area contributed by atoms with Gasteiger partial charge in [0, 0.05) is 11.4 Å². The molecule has 3 nitrogen and oxygen atoms in total. The van der Waals surface area contributed by atoms with Crippen LogP contribution in [-0.2, 0) is 0 Å². The van der Waals surface area contributed by atoms with Crippen LogP contribution in [0.2, 0.25) is 0 Å². The molecule has 0 amide bonds. The average molecular weight is 242 g/mol. The summed E-state index contributed by atoms with van der Waals surface area (Å²) in [7, 11) is 1.67. The SMILES string of the molecule is COc1ccc(C)cc1Nc1cc(N)ccc1C. The average Bonchev–Trinajstić information content (AvgIpc) is 2.34. The topological polar surface area (TPSA) is 47.3 Å². The summed E-state index contributed by atoms with van der Waals surface area (Å²) in [5.41, 5.74) is 10.8. The van der Waals surface area contributed by atoms with E-state index in [4.69, 9.17) is 10.5 Å². The second-order valence-electron chi connectivity index (χ2n) is 4.40. The molecule has 3 heteroatoms. The lowest BCUT2D eigenvalue weighted by molar-refractivity contribution is 0.416. The third kappa shape index (κ3) is 2.56. The van der Waals surface area contributed by atoms with E-state index in [9.17, 15) is 0 Å². The van der Waals surface area contributed by atoms with Gasteiger partial charge in [-0.2, -0.15) is 0 Å². The Morgan fingerprint density at radius 3 is 2.50 bits per heavy atom. The minimum absolute atomic E-state index is 0.745. The zero-order chi connectivity index (χ0) is 13.1. The van der Waals surface area contributed by atoms with Gasteiger partial charge in [0.2, 0.25) is 0 Å². The van der Waals surface area contributed by atoms with Gasteiger partial charge < -0.3 is 15.8 Å². The number of ether oxygens (including phenoxy) is 1. The monoisotopic (exact) mass is 242 g/mol. The van der Waals surface area contributed by atoms with Crippen molar-refractivity contribution in [1.29, 1.82) is 0 Å². The fourth-order valence-electron chi connectivity index (χ4n) is 1.84. The van der Waals surface area contributed by atoms with Crippen LogP contribution in [0.5, 0.6) is 5.75 Å². The van der Waals surface area contributed by atoms with Crippen molar-refractivity contribution >= 4 is 17.1 Å². The van der Waals surface area contributed by atoms with Crippen molar-refractivity contribution in [3.8, 4) is 5.75 Å². The van der Waals surface area contributed by atoms with Crippen molar-refractivity contribution in [1.82, 2.24) is 0 Å². The highest BCUT2D eigenvalue weighted by atomic mass is 16.5. The van der Waals surface area contributed by atoms with Crippen molar-refractivity contribution in [2.45, 2.75) is 13.8 Å². The molecule has 0 saturated heterocycles. The van der Waals surface area contributed by atoms with Crippen LogP contribution < -0.4 is 15.8 Å². The Morgan fingerprint density at radius 1 is 1.00 bits per heavy atom. The van der Waals surface area contributed by atoms with Crippen LogP contribution in [-0.4, -0.2) is 7.11 Å². The maximum Gasteiger partial charge on any atom is 0.142 e. The first kappa shape index (κ1) is 12.3. The Bertz CT molecular complexity index is 564. The second kappa shape index (κ2) is 5.00. The first-order valence-corrected chi connectivity index (χ1v) is 5.88.